The van der Waals surface area contributed by atoms with Gasteiger partial charge in [-0.3, -0.25) is 0 Å². The van der Waals surface area contributed by atoms with Crippen molar-refractivity contribution in [3.63, 3.8) is 0 Å². The zero-order chi connectivity index (χ0) is 20.1. The minimum atomic E-state index is 0.266. The third-order valence-electron chi connectivity index (χ3n) is 4.96. The summed E-state index contributed by atoms with van der Waals surface area (Å²) in [5.41, 5.74) is 7.09. The molecule has 1 fully saturated rings. The zero-order valence-corrected chi connectivity index (χ0v) is 16.2. The number of nitrogen functional groups attached to an aromatic ring is 1. The van der Waals surface area contributed by atoms with Gasteiger partial charge in [0.1, 0.15) is 23.2 Å². The molecule has 4 N–H and O–H groups in total. The van der Waals surface area contributed by atoms with E-state index in [1.54, 1.807) is 12.1 Å². The van der Waals surface area contributed by atoms with Crippen LogP contribution in [0, 0.1) is 0 Å². The molecule has 8 nitrogen and oxygen atoms in total. The number of piperazine rings is 1. The molecule has 0 unspecified atom stereocenters. The predicted octanol–water partition coefficient (Wildman–Crippen LogP) is 2.14. The average Bonchev–Trinajstić information content (AvgIpc) is 2.75. The van der Waals surface area contributed by atoms with Crippen LogP contribution in [0.3, 0.4) is 0 Å². The number of phenolic OH excluding ortho intramolecular Hbond substituents is 1. The van der Waals surface area contributed by atoms with Gasteiger partial charge >= 0.3 is 0 Å². The summed E-state index contributed by atoms with van der Waals surface area (Å²) in [6, 6.07) is 15.1. The van der Waals surface area contributed by atoms with Crippen molar-refractivity contribution < 1.29 is 5.11 Å². The predicted molar refractivity (Wildman–Crippen MR) is 115 cm³/mol. The minimum absolute atomic E-state index is 0.266. The van der Waals surface area contributed by atoms with Crippen molar-refractivity contribution in [3.8, 4) is 5.75 Å². The summed E-state index contributed by atoms with van der Waals surface area (Å²) in [5.74, 6) is 3.11. The highest BCUT2D eigenvalue weighted by molar-refractivity contribution is 5.54. The van der Waals surface area contributed by atoms with Gasteiger partial charge in [0, 0.05) is 45.0 Å². The molecule has 29 heavy (non-hydrogen) atoms. The van der Waals surface area contributed by atoms with Crippen LogP contribution < -0.4 is 20.9 Å². The third-order valence-corrected chi connectivity index (χ3v) is 4.96. The first-order valence-corrected chi connectivity index (χ1v) is 9.75. The van der Waals surface area contributed by atoms with Gasteiger partial charge in [-0.1, -0.05) is 18.2 Å². The smallest absolute Gasteiger partial charge is 0.223 e. The summed E-state index contributed by atoms with van der Waals surface area (Å²) >= 11 is 0. The van der Waals surface area contributed by atoms with Crippen molar-refractivity contribution in [1.29, 1.82) is 0 Å². The molecule has 0 spiro atoms. The Morgan fingerprint density at radius 2 is 1.66 bits per heavy atom. The fourth-order valence-corrected chi connectivity index (χ4v) is 3.41. The van der Waals surface area contributed by atoms with Crippen LogP contribution in [0.25, 0.3) is 0 Å². The van der Waals surface area contributed by atoms with Crippen LogP contribution in [-0.2, 0) is 6.42 Å². The second kappa shape index (κ2) is 8.64. The van der Waals surface area contributed by atoms with E-state index in [-0.39, 0.29) is 11.7 Å². The molecule has 2 aromatic heterocycles. The average molecular weight is 391 g/mol. The highest BCUT2D eigenvalue weighted by Crippen LogP contribution is 2.20. The number of hydrogen-bond acceptors (Lipinski definition) is 8. The number of rotatable bonds is 6. The molecule has 1 saturated heterocycles. The molecule has 0 aliphatic carbocycles. The Balaban J connectivity index is 1.35. The standard InChI is InChI=1S/C21H25N7O/c22-21-25-18(23-10-8-16-4-6-17(29)7-5-16)15-20(26-21)28-13-11-27(12-14-28)19-3-1-2-9-24-19/h1-7,9,15,29H,8,10-14H2,(H3,22,23,25,26). The van der Waals surface area contributed by atoms with Crippen LogP contribution in [-0.4, -0.2) is 52.8 Å². The molecule has 1 aliphatic heterocycles. The van der Waals surface area contributed by atoms with E-state index in [1.165, 1.54) is 0 Å². The van der Waals surface area contributed by atoms with Gasteiger partial charge in [0.25, 0.3) is 0 Å². The van der Waals surface area contributed by atoms with Crippen LogP contribution in [0.1, 0.15) is 5.56 Å². The molecule has 0 amide bonds. The fraction of sp³-hybridized carbons (Fsp3) is 0.286. The molecule has 0 radical (unpaired) electrons. The minimum Gasteiger partial charge on any atom is -0.508 e. The van der Waals surface area contributed by atoms with Crippen molar-refractivity contribution in [2.75, 3.05) is 53.6 Å². The number of anilines is 4. The number of phenols is 1. The number of nitrogens with two attached hydrogens (primary N) is 1. The van der Waals surface area contributed by atoms with Crippen LogP contribution in [0.2, 0.25) is 0 Å². The van der Waals surface area contributed by atoms with E-state index < -0.39 is 0 Å². The molecule has 8 heteroatoms. The number of nitrogens with one attached hydrogen (secondary N) is 1. The first-order chi connectivity index (χ1) is 14.2. The third kappa shape index (κ3) is 4.84. The second-order valence-electron chi connectivity index (χ2n) is 6.97. The lowest BCUT2D eigenvalue weighted by Crippen LogP contribution is -2.47. The van der Waals surface area contributed by atoms with Gasteiger partial charge in [-0.25, -0.2) is 4.98 Å². The summed E-state index contributed by atoms with van der Waals surface area (Å²) in [5, 5.41) is 12.7. The Morgan fingerprint density at radius 3 is 2.34 bits per heavy atom. The quantitative estimate of drug-likeness (QED) is 0.587. The number of pyridine rings is 1. The topological polar surface area (TPSA) is 103 Å². The van der Waals surface area contributed by atoms with Gasteiger partial charge in [0.05, 0.1) is 0 Å². The summed E-state index contributed by atoms with van der Waals surface area (Å²) < 4.78 is 0. The SMILES string of the molecule is Nc1nc(NCCc2ccc(O)cc2)cc(N2CCN(c3ccccn3)CC2)n1. The summed E-state index contributed by atoms with van der Waals surface area (Å²) in [4.78, 5) is 17.7. The molecule has 0 saturated carbocycles. The maximum Gasteiger partial charge on any atom is 0.223 e. The van der Waals surface area contributed by atoms with E-state index in [0.29, 0.717) is 6.54 Å². The van der Waals surface area contributed by atoms with Gasteiger partial charge in [-0.05, 0) is 36.2 Å². The van der Waals surface area contributed by atoms with Crippen molar-refractivity contribution in [1.82, 2.24) is 15.0 Å². The number of hydrogen-bond donors (Lipinski definition) is 3. The maximum absolute atomic E-state index is 9.37. The molecule has 1 aliphatic rings. The van der Waals surface area contributed by atoms with Crippen LogP contribution in [0.4, 0.5) is 23.4 Å². The Labute approximate surface area is 170 Å². The molecular formula is C21H25N7O. The zero-order valence-electron chi connectivity index (χ0n) is 16.2. The van der Waals surface area contributed by atoms with E-state index in [1.807, 2.05) is 42.6 Å². The molecule has 4 rings (SSSR count). The van der Waals surface area contributed by atoms with Gasteiger partial charge < -0.3 is 26.0 Å². The first kappa shape index (κ1) is 18.8. The molecule has 0 bridgehead atoms. The number of aromatic nitrogens is 3. The van der Waals surface area contributed by atoms with E-state index in [9.17, 15) is 5.11 Å². The largest absolute Gasteiger partial charge is 0.508 e. The van der Waals surface area contributed by atoms with Gasteiger partial charge in [0.2, 0.25) is 5.95 Å². The number of nitrogens with zero attached hydrogens (tertiary/aromatic N) is 5. The Hall–Kier alpha value is -3.55. The lowest BCUT2D eigenvalue weighted by Gasteiger charge is -2.36. The summed E-state index contributed by atoms with van der Waals surface area (Å²) in [7, 11) is 0. The van der Waals surface area contributed by atoms with Gasteiger partial charge in [0.15, 0.2) is 0 Å². The molecule has 150 valence electrons. The molecule has 1 aromatic carbocycles. The van der Waals surface area contributed by atoms with Crippen molar-refractivity contribution in [2.24, 2.45) is 0 Å². The van der Waals surface area contributed by atoms with E-state index in [4.69, 9.17) is 5.73 Å². The van der Waals surface area contributed by atoms with E-state index in [2.05, 4.69) is 30.1 Å². The molecule has 3 aromatic rings. The van der Waals surface area contributed by atoms with Gasteiger partial charge in [-0.15, -0.1) is 0 Å². The van der Waals surface area contributed by atoms with Crippen molar-refractivity contribution >= 4 is 23.4 Å². The first-order valence-electron chi connectivity index (χ1n) is 9.75. The fourth-order valence-electron chi connectivity index (χ4n) is 3.41. The number of aromatic hydroxyl groups is 1. The Morgan fingerprint density at radius 1 is 0.931 bits per heavy atom. The number of benzene rings is 1. The summed E-state index contributed by atoms with van der Waals surface area (Å²) in [6.45, 7) is 4.17. The van der Waals surface area contributed by atoms with Gasteiger partial charge in [-0.2, -0.15) is 9.97 Å². The maximum atomic E-state index is 9.37. The summed E-state index contributed by atoms with van der Waals surface area (Å²) in [6.07, 6.45) is 2.64. The lowest BCUT2D eigenvalue weighted by molar-refractivity contribution is 0.475. The van der Waals surface area contributed by atoms with Crippen LogP contribution in [0.5, 0.6) is 5.75 Å². The monoisotopic (exact) mass is 391 g/mol. The Kier molecular flexibility index (Phi) is 5.60. The molecule has 0 atom stereocenters. The molecular weight excluding hydrogens is 366 g/mol. The van der Waals surface area contributed by atoms with Crippen molar-refractivity contribution in [3.05, 3.63) is 60.3 Å². The normalized spacial score (nSPS) is 14.1. The van der Waals surface area contributed by atoms with Crippen molar-refractivity contribution in [2.45, 2.75) is 6.42 Å². The Bertz CT molecular complexity index is 926. The van der Waals surface area contributed by atoms with E-state index >= 15 is 0 Å². The van der Waals surface area contributed by atoms with Crippen LogP contribution >= 0.6 is 0 Å². The highest BCUT2D eigenvalue weighted by Gasteiger charge is 2.19. The van der Waals surface area contributed by atoms with Crippen LogP contribution in [0.15, 0.2) is 54.7 Å². The lowest BCUT2D eigenvalue weighted by atomic mass is 10.1. The highest BCUT2D eigenvalue weighted by atomic mass is 16.3. The van der Waals surface area contributed by atoms with E-state index in [0.717, 1.165) is 55.6 Å². The molecule has 3 heterocycles. The second-order valence-corrected chi connectivity index (χ2v) is 6.97.